The Balaban J connectivity index is 0.00000222. The van der Waals surface area contributed by atoms with Gasteiger partial charge in [0.2, 0.25) is 0 Å². The van der Waals surface area contributed by atoms with E-state index in [0.29, 0.717) is 11.3 Å². The fraction of sp³-hybridized carbons (Fsp3) is 0.160. The number of nitrogen functional groups attached to an aromatic ring is 1. The van der Waals surface area contributed by atoms with Gasteiger partial charge in [-0.15, -0.1) is 0 Å². The monoisotopic (exact) mass is 508 g/mol. The minimum Gasteiger partial charge on any atom is -0.459 e. The fourth-order valence-corrected chi connectivity index (χ4v) is 4.21. The molecule has 1 atom stereocenters. The minimum absolute atomic E-state index is 0.0476. The summed E-state index contributed by atoms with van der Waals surface area (Å²) in [5.41, 5.74) is 8.02. The second kappa shape index (κ2) is 12.2. The highest BCUT2D eigenvalue weighted by Gasteiger charge is 2.14. The molecular formula is C25H24N4O6S. The molecule has 11 heteroatoms. The van der Waals surface area contributed by atoms with Crippen LogP contribution in [0.4, 0.5) is 11.5 Å². The van der Waals surface area contributed by atoms with Gasteiger partial charge in [0.25, 0.3) is 11.8 Å². The number of nitrogens with one attached hydrogen (secondary N) is 1. The molecule has 10 nitrogen and oxygen atoms in total. The van der Waals surface area contributed by atoms with Crippen LogP contribution in [0.15, 0.2) is 57.6 Å². The van der Waals surface area contributed by atoms with Crippen LogP contribution in [0.2, 0.25) is 0 Å². The number of amides is 2. The van der Waals surface area contributed by atoms with Gasteiger partial charge in [-0.3, -0.25) is 14.4 Å². The highest BCUT2D eigenvalue weighted by molar-refractivity contribution is 7.93. The SMILES string of the molecule is C=O.CC(=O)CS(C)(=O)=NC(=O)c1cnc(N)c(C#Cc2cccc(NC(=O)c3occc3C)c2)c1. The summed E-state index contributed by atoms with van der Waals surface area (Å²) in [7, 11) is -3.00. The molecule has 0 aliphatic heterocycles. The zero-order chi connectivity index (χ0) is 26.9. The first-order valence-corrected chi connectivity index (χ1v) is 12.4. The third kappa shape index (κ3) is 7.75. The molecule has 3 N–H and O–H groups in total. The van der Waals surface area contributed by atoms with Gasteiger partial charge in [0, 0.05) is 29.3 Å². The maximum atomic E-state index is 12.4. The lowest BCUT2D eigenvalue weighted by Crippen LogP contribution is -2.13. The number of aryl methyl sites for hydroxylation is 1. The lowest BCUT2D eigenvalue weighted by Gasteiger charge is -2.04. The highest BCUT2D eigenvalue weighted by Crippen LogP contribution is 2.16. The fourth-order valence-electron chi connectivity index (χ4n) is 2.94. The van der Waals surface area contributed by atoms with E-state index in [-0.39, 0.29) is 40.1 Å². The van der Waals surface area contributed by atoms with Crippen molar-refractivity contribution in [3.63, 3.8) is 0 Å². The van der Waals surface area contributed by atoms with Crippen molar-refractivity contribution in [2.24, 2.45) is 4.36 Å². The number of rotatable bonds is 5. The quantitative estimate of drug-likeness (QED) is 0.497. The molecule has 2 aromatic heterocycles. The lowest BCUT2D eigenvalue weighted by atomic mass is 10.1. The smallest absolute Gasteiger partial charge is 0.291 e. The topological polar surface area (TPSA) is 162 Å². The number of hydrogen-bond donors (Lipinski definition) is 2. The van der Waals surface area contributed by atoms with Crippen molar-refractivity contribution < 1.29 is 27.8 Å². The van der Waals surface area contributed by atoms with Crippen LogP contribution in [0.5, 0.6) is 0 Å². The first-order chi connectivity index (χ1) is 17.0. The summed E-state index contributed by atoms with van der Waals surface area (Å²) < 4.78 is 21.2. The van der Waals surface area contributed by atoms with Crippen molar-refractivity contribution >= 4 is 45.6 Å². The Kier molecular flexibility index (Phi) is 9.41. The van der Waals surface area contributed by atoms with Gasteiger partial charge in [-0.05, 0) is 44.2 Å². The first kappa shape index (κ1) is 27.7. The van der Waals surface area contributed by atoms with Gasteiger partial charge >= 0.3 is 0 Å². The molecule has 186 valence electrons. The average Bonchev–Trinajstić information content (AvgIpc) is 3.25. The van der Waals surface area contributed by atoms with Gasteiger partial charge in [0.15, 0.2) is 5.76 Å². The first-order valence-electron chi connectivity index (χ1n) is 10.3. The predicted octanol–water partition coefficient (Wildman–Crippen LogP) is 2.86. The molecule has 1 aromatic carbocycles. The molecule has 1 unspecified atom stereocenters. The number of nitrogens with two attached hydrogens (primary N) is 1. The Morgan fingerprint density at radius 2 is 1.92 bits per heavy atom. The number of Topliss-reactive ketones (excluding diaryl/α,β-unsaturated/α-hetero) is 1. The third-order valence-corrected chi connectivity index (χ3v) is 5.94. The van der Waals surface area contributed by atoms with Crippen LogP contribution in [0, 0.1) is 18.8 Å². The number of carbonyl (C=O) groups is 4. The van der Waals surface area contributed by atoms with Crippen LogP contribution in [-0.2, 0) is 19.3 Å². The molecule has 36 heavy (non-hydrogen) atoms. The average molecular weight is 509 g/mol. The largest absolute Gasteiger partial charge is 0.459 e. The molecule has 3 aromatic rings. The third-order valence-electron chi connectivity index (χ3n) is 4.44. The van der Waals surface area contributed by atoms with Gasteiger partial charge in [0.1, 0.15) is 18.4 Å². The summed E-state index contributed by atoms with van der Waals surface area (Å²) in [5.74, 6) is 4.28. The van der Waals surface area contributed by atoms with Gasteiger partial charge in [-0.2, -0.15) is 4.36 Å². The minimum atomic E-state index is -3.00. The van der Waals surface area contributed by atoms with E-state index in [1.54, 1.807) is 37.3 Å². The number of benzene rings is 1. The van der Waals surface area contributed by atoms with Crippen molar-refractivity contribution in [1.29, 1.82) is 0 Å². The van der Waals surface area contributed by atoms with Crippen molar-refractivity contribution in [3.8, 4) is 11.8 Å². The summed E-state index contributed by atoms with van der Waals surface area (Å²) in [6.45, 7) is 5.05. The van der Waals surface area contributed by atoms with Gasteiger partial charge in [-0.1, -0.05) is 17.9 Å². The Bertz CT molecular complexity index is 1490. The Morgan fingerprint density at radius 1 is 1.19 bits per heavy atom. The molecular weight excluding hydrogens is 484 g/mol. The van der Waals surface area contributed by atoms with Crippen molar-refractivity contribution in [1.82, 2.24) is 4.98 Å². The Labute approximate surface area is 208 Å². The van der Waals surface area contributed by atoms with E-state index < -0.39 is 15.6 Å². The molecule has 0 saturated carbocycles. The molecule has 0 saturated heterocycles. The second-order valence-electron chi connectivity index (χ2n) is 7.58. The summed E-state index contributed by atoms with van der Waals surface area (Å²) in [6, 6.07) is 9.94. The second-order valence-corrected chi connectivity index (χ2v) is 9.97. The summed E-state index contributed by atoms with van der Waals surface area (Å²) in [6.07, 6.45) is 3.90. The number of hydrogen-bond acceptors (Lipinski definition) is 8. The molecule has 0 spiro atoms. The zero-order valence-corrected chi connectivity index (χ0v) is 20.7. The molecule has 0 aliphatic carbocycles. The molecule has 2 heterocycles. The van der Waals surface area contributed by atoms with Crippen LogP contribution in [0.25, 0.3) is 0 Å². The van der Waals surface area contributed by atoms with E-state index in [0.717, 1.165) is 5.56 Å². The summed E-state index contributed by atoms with van der Waals surface area (Å²) >= 11 is 0. The van der Waals surface area contributed by atoms with Crippen LogP contribution >= 0.6 is 0 Å². The maximum absolute atomic E-state index is 12.4. The highest BCUT2D eigenvalue weighted by atomic mass is 32.2. The molecule has 0 fully saturated rings. The normalized spacial score (nSPS) is 11.5. The molecule has 0 bridgehead atoms. The van der Waals surface area contributed by atoms with E-state index in [4.69, 9.17) is 14.9 Å². The number of carbonyl (C=O) groups excluding carboxylic acids is 4. The summed E-state index contributed by atoms with van der Waals surface area (Å²) in [5, 5.41) is 2.75. The van der Waals surface area contributed by atoms with E-state index >= 15 is 0 Å². The van der Waals surface area contributed by atoms with Crippen molar-refractivity contribution in [2.45, 2.75) is 13.8 Å². The number of pyridine rings is 1. The number of nitrogens with zero attached hydrogens (tertiary/aromatic N) is 2. The van der Waals surface area contributed by atoms with Gasteiger partial charge in [0.05, 0.1) is 32.9 Å². The van der Waals surface area contributed by atoms with Gasteiger partial charge < -0.3 is 20.3 Å². The van der Waals surface area contributed by atoms with E-state index in [1.165, 1.54) is 31.7 Å². The van der Waals surface area contributed by atoms with Crippen LogP contribution < -0.4 is 11.1 Å². The number of anilines is 2. The standard InChI is InChI=1S/C24H22N4O5S.CH2O/c1-15-9-10-33-21(15)24(31)27-20-6-4-5-17(11-20)7-8-18-12-19(13-26-22(18)25)23(30)28-34(3,32)14-16(2)29;1-2/h4-6,9-13H,14H2,1-3H3,(H2,25,26)(H,27,31);1H2. The van der Waals surface area contributed by atoms with Crippen LogP contribution in [0.1, 0.15) is 44.5 Å². The molecule has 2 amide bonds. The Hall–Kier alpha value is -4.56. The molecule has 3 rings (SSSR count). The number of aromatic nitrogens is 1. The molecule has 0 radical (unpaired) electrons. The Morgan fingerprint density at radius 3 is 2.56 bits per heavy atom. The number of furan rings is 1. The maximum Gasteiger partial charge on any atom is 0.291 e. The van der Waals surface area contributed by atoms with E-state index in [9.17, 15) is 18.6 Å². The van der Waals surface area contributed by atoms with E-state index in [2.05, 4.69) is 26.5 Å². The van der Waals surface area contributed by atoms with Crippen LogP contribution in [0.3, 0.4) is 0 Å². The lowest BCUT2D eigenvalue weighted by molar-refractivity contribution is -0.114. The summed E-state index contributed by atoms with van der Waals surface area (Å²) in [4.78, 5) is 48.0. The molecule has 0 aliphatic rings. The predicted molar refractivity (Wildman–Crippen MR) is 136 cm³/mol. The zero-order valence-electron chi connectivity index (χ0n) is 19.9. The van der Waals surface area contributed by atoms with E-state index in [1.807, 2.05) is 6.79 Å². The van der Waals surface area contributed by atoms with Crippen molar-refractivity contribution in [2.75, 3.05) is 23.1 Å². The van der Waals surface area contributed by atoms with Crippen molar-refractivity contribution in [3.05, 3.63) is 76.9 Å². The number of ketones is 1. The van der Waals surface area contributed by atoms with Crippen LogP contribution in [-0.4, -0.2) is 45.6 Å². The van der Waals surface area contributed by atoms with Gasteiger partial charge in [-0.25, -0.2) is 9.19 Å².